The molecule has 1 unspecified atom stereocenters. The monoisotopic (exact) mass is 308 g/mol. The fourth-order valence-corrected chi connectivity index (χ4v) is 4.81. The molecule has 1 aromatic heterocycles. The second kappa shape index (κ2) is 6.63. The van der Waals surface area contributed by atoms with Crippen molar-refractivity contribution in [2.75, 3.05) is 38.6 Å². The van der Waals surface area contributed by atoms with E-state index in [1.54, 1.807) is 0 Å². The second-order valence-corrected chi connectivity index (χ2v) is 7.38. The molecule has 1 aromatic rings. The van der Waals surface area contributed by atoms with Crippen molar-refractivity contribution in [2.24, 2.45) is 0 Å². The molecule has 5 heteroatoms. The van der Waals surface area contributed by atoms with Crippen molar-refractivity contribution < 1.29 is 0 Å². The van der Waals surface area contributed by atoms with Crippen LogP contribution in [0.25, 0.3) is 0 Å². The van der Waals surface area contributed by atoms with Crippen LogP contribution in [0.15, 0.2) is 0 Å². The summed E-state index contributed by atoms with van der Waals surface area (Å²) >= 11 is 1.92. The Morgan fingerprint density at radius 2 is 2.10 bits per heavy atom. The Labute approximate surface area is 132 Å². The summed E-state index contributed by atoms with van der Waals surface area (Å²) in [6, 6.07) is 1.13. The van der Waals surface area contributed by atoms with Gasteiger partial charge in [0.25, 0.3) is 0 Å². The van der Waals surface area contributed by atoms with Crippen molar-refractivity contribution in [3.8, 4) is 0 Å². The molecule has 1 N–H and O–H groups in total. The summed E-state index contributed by atoms with van der Waals surface area (Å²) in [5, 5.41) is 4.66. The molecule has 0 saturated carbocycles. The predicted molar refractivity (Wildman–Crippen MR) is 90.4 cm³/mol. The molecule has 21 heavy (non-hydrogen) atoms. The van der Waals surface area contributed by atoms with Crippen LogP contribution in [-0.2, 0) is 6.42 Å². The molecule has 3 rings (SSSR count). The minimum absolute atomic E-state index is 0.467. The minimum atomic E-state index is 0.467. The lowest BCUT2D eigenvalue weighted by molar-refractivity contribution is 0.221. The molecular weight excluding hydrogens is 280 g/mol. The number of aromatic nitrogens is 1. The third kappa shape index (κ3) is 3.10. The number of rotatable bonds is 4. The first-order chi connectivity index (χ1) is 10.2. The molecular formula is C16H28N4S. The molecule has 0 amide bonds. The van der Waals surface area contributed by atoms with Gasteiger partial charge in [-0.25, -0.2) is 4.98 Å². The molecule has 1 aliphatic heterocycles. The van der Waals surface area contributed by atoms with Crippen molar-refractivity contribution in [2.45, 2.75) is 51.1 Å². The highest BCUT2D eigenvalue weighted by Crippen LogP contribution is 2.37. The number of anilines is 1. The number of hydrogen-bond donors (Lipinski definition) is 1. The Balaban J connectivity index is 1.71. The second-order valence-electron chi connectivity index (χ2n) is 6.31. The zero-order valence-corrected chi connectivity index (χ0v) is 14.4. The number of nitrogens with one attached hydrogen (secondary N) is 1. The number of hydrogen-bond acceptors (Lipinski definition) is 5. The van der Waals surface area contributed by atoms with Crippen LogP contribution in [-0.4, -0.2) is 49.7 Å². The van der Waals surface area contributed by atoms with Gasteiger partial charge in [-0.1, -0.05) is 6.92 Å². The molecule has 0 radical (unpaired) electrons. The smallest absolute Gasteiger partial charge is 0.185 e. The van der Waals surface area contributed by atoms with Crippen molar-refractivity contribution in [1.82, 2.24) is 15.2 Å². The van der Waals surface area contributed by atoms with Gasteiger partial charge in [0.1, 0.15) is 0 Å². The summed E-state index contributed by atoms with van der Waals surface area (Å²) < 4.78 is 0. The minimum Gasteiger partial charge on any atom is -0.348 e. The predicted octanol–water partition coefficient (Wildman–Crippen LogP) is 2.66. The van der Waals surface area contributed by atoms with Crippen LogP contribution in [0.4, 0.5) is 5.13 Å². The van der Waals surface area contributed by atoms with E-state index in [1.165, 1.54) is 67.4 Å². The maximum atomic E-state index is 4.99. The molecule has 1 fully saturated rings. The lowest BCUT2D eigenvalue weighted by Crippen LogP contribution is -2.43. The van der Waals surface area contributed by atoms with Crippen LogP contribution in [0.3, 0.4) is 0 Å². The molecule has 0 bridgehead atoms. The van der Waals surface area contributed by atoms with Crippen LogP contribution < -0.4 is 10.2 Å². The van der Waals surface area contributed by atoms with E-state index in [-0.39, 0.29) is 0 Å². The summed E-state index contributed by atoms with van der Waals surface area (Å²) in [4.78, 5) is 11.5. The average Bonchev–Trinajstić information content (AvgIpc) is 2.98. The zero-order valence-electron chi connectivity index (χ0n) is 13.6. The van der Waals surface area contributed by atoms with Gasteiger partial charge in [-0.15, -0.1) is 11.3 Å². The number of nitrogens with zero attached hydrogens (tertiary/aromatic N) is 3. The van der Waals surface area contributed by atoms with Gasteiger partial charge in [-0.3, -0.25) is 0 Å². The van der Waals surface area contributed by atoms with Gasteiger partial charge in [-0.05, 0) is 45.7 Å². The van der Waals surface area contributed by atoms with Crippen LogP contribution in [0, 0.1) is 0 Å². The number of piperidine rings is 1. The van der Waals surface area contributed by atoms with E-state index in [9.17, 15) is 0 Å². The van der Waals surface area contributed by atoms with Crippen molar-refractivity contribution in [3.63, 3.8) is 0 Å². The van der Waals surface area contributed by atoms with Gasteiger partial charge in [-0.2, -0.15) is 0 Å². The molecule has 1 saturated heterocycles. The van der Waals surface area contributed by atoms with Gasteiger partial charge in [0, 0.05) is 31.1 Å². The summed E-state index contributed by atoms with van der Waals surface area (Å²) in [7, 11) is 4.30. The Morgan fingerprint density at radius 1 is 1.33 bits per heavy atom. The van der Waals surface area contributed by atoms with Gasteiger partial charge >= 0.3 is 0 Å². The third-order valence-electron chi connectivity index (χ3n) is 5.15. The largest absolute Gasteiger partial charge is 0.348 e. The lowest BCUT2D eigenvalue weighted by Gasteiger charge is -2.36. The van der Waals surface area contributed by atoms with Crippen LogP contribution in [0.2, 0.25) is 0 Å². The van der Waals surface area contributed by atoms with Crippen molar-refractivity contribution in [1.29, 1.82) is 0 Å². The van der Waals surface area contributed by atoms with Gasteiger partial charge < -0.3 is 15.1 Å². The zero-order chi connectivity index (χ0) is 14.8. The van der Waals surface area contributed by atoms with E-state index >= 15 is 0 Å². The summed E-state index contributed by atoms with van der Waals surface area (Å²) in [5.41, 5.74) is 1.32. The van der Waals surface area contributed by atoms with Gasteiger partial charge in [0.05, 0.1) is 11.7 Å². The Hall–Kier alpha value is -0.650. The normalized spacial score (nSPS) is 24.0. The molecule has 4 nitrogen and oxygen atoms in total. The third-order valence-corrected chi connectivity index (χ3v) is 6.37. The highest BCUT2D eigenvalue weighted by molar-refractivity contribution is 7.15. The number of aryl methyl sites for hydroxylation is 1. The van der Waals surface area contributed by atoms with E-state index in [0.29, 0.717) is 12.1 Å². The van der Waals surface area contributed by atoms with Gasteiger partial charge in [0.2, 0.25) is 0 Å². The summed E-state index contributed by atoms with van der Waals surface area (Å²) in [6.07, 6.45) is 6.27. The maximum absolute atomic E-state index is 4.99. The summed E-state index contributed by atoms with van der Waals surface area (Å²) in [6.45, 7) is 5.91. The first kappa shape index (κ1) is 15.3. The van der Waals surface area contributed by atoms with E-state index in [0.717, 1.165) is 0 Å². The first-order valence-electron chi connectivity index (χ1n) is 8.35. The van der Waals surface area contributed by atoms with E-state index in [4.69, 9.17) is 4.98 Å². The molecule has 0 aromatic carbocycles. The topological polar surface area (TPSA) is 31.4 Å². The molecule has 2 aliphatic rings. The first-order valence-corrected chi connectivity index (χ1v) is 9.16. The van der Waals surface area contributed by atoms with Crippen LogP contribution in [0.5, 0.6) is 0 Å². The molecule has 118 valence electrons. The standard InChI is InChI=1S/C16H28N4S/c1-4-20-10-8-12(9-11-20)19(3)16-18-15-13(17-2)6-5-7-14(15)21-16/h12-13,17H,4-11H2,1-3H3. The number of thiazole rings is 1. The molecule has 2 heterocycles. The Bertz CT molecular complexity index is 465. The van der Waals surface area contributed by atoms with E-state index in [1.807, 2.05) is 11.3 Å². The summed E-state index contributed by atoms with van der Waals surface area (Å²) in [5.74, 6) is 0. The number of likely N-dealkylation sites (tertiary alicyclic amines) is 1. The average molecular weight is 308 g/mol. The van der Waals surface area contributed by atoms with E-state index < -0.39 is 0 Å². The Morgan fingerprint density at radius 3 is 2.76 bits per heavy atom. The fraction of sp³-hybridized carbons (Fsp3) is 0.812. The van der Waals surface area contributed by atoms with Crippen LogP contribution >= 0.6 is 11.3 Å². The van der Waals surface area contributed by atoms with Crippen LogP contribution in [0.1, 0.15) is 49.2 Å². The van der Waals surface area contributed by atoms with E-state index in [2.05, 4.69) is 36.1 Å². The highest BCUT2D eigenvalue weighted by atomic mass is 32.1. The molecule has 1 aliphatic carbocycles. The molecule has 1 atom stereocenters. The highest BCUT2D eigenvalue weighted by Gasteiger charge is 2.28. The lowest BCUT2D eigenvalue weighted by atomic mass is 9.98. The van der Waals surface area contributed by atoms with Gasteiger partial charge in [0.15, 0.2) is 5.13 Å². The number of fused-ring (bicyclic) bond motifs is 1. The fourth-order valence-electron chi connectivity index (χ4n) is 3.62. The van der Waals surface area contributed by atoms with Crippen molar-refractivity contribution in [3.05, 3.63) is 10.6 Å². The molecule has 0 spiro atoms. The SMILES string of the molecule is CCN1CCC(N(C)c2nc3c(s2)CCCC3NC)CC1. The Kier molecular flexibility index (Phi) is 4.82. The maximum Gasteiger partial charge on any atom is 0.185 e. The quantitative estimate of drug-likeness (QED) is 0.926. The van der Waals surface area contributed by atoms with Crippen molar-refractivity contribution >= 4 is 16.5 Å².